The highest BCUT2D eigenvalue weighted by atomic mass is 127. The van der Waals surface area contributed by atoms with E-state index in [9.17, 15) is 0 Å². The van der Waals surface area contributed by atoms with Gasteiger partial charge in [0.05, 0.1) is 18.3 Å². The number of hydrogen-bond acceptors (Lipinski definition) is 3. The van der Waals surface area contributed by atoms with E-state index < -0.39 is 0 Å². The van der Waals surface area contributed by atoms with Crippen molar-refractivity contribution in [1.82, 2.24) is 15.1 Å². The number of nitrogens with zero attached hydrogens (tertiary/aromatic N) is 4. The van der Waals surface area contributed by atoms with Crippen LogP contribution >= 0.6 is 24.0 Å². The molecule has 1 heterocycles. The minimum absolute atomic E-state index is 0. The van der Waals surface area contributed by atoms with Gasteiger partial charge in [-0.25, -0.2) is 0 Å². The summed E-state index contributed by atoms with van der Waals surface area (Å²) in [6.45, 7) is 5.77. The second-order valence-corrected chi connectivity index (χ2v) is 2.73. The summed E-state index contributed by atoms with van der Waals surface area (Å²) in [5, 5.41) is 7.82. The van der Waals surface area contributed by atoms with E-state index in [2.05, 4.69) is 17.4 Å². The van der Waals surface area contributed by atoms with Crippen molar-refractivity contribution in [2.75, 3.05) is 5.73 Å². The second-order valence-electron chi connectivity index (χ2n) is 2.73. The molecule has 76 valence electrons. The first-order valence-corrected chi connectivity index (χ1v) is 4.38. The minimum atomic E-state index is 0. The van der Waals surface area contributed by atoms with E-state index in [0.717, 1.165) is 25.9 Å². The molecule has 2 N–H and O–H groups in total. The van der Waals surface area contributed by atoms with Crippen LogP contribution in [0.5, 0.6) is 0 Å². The van der Waals surface area contributed by atoms with E-state index in [1.807, 2.05) is 6.92 Å². The summed E-state index contributed by atoms with van der Waals surface area (Å²) in [5.41, 5.74) is 5.76. The zero-order valence-electron chi connectivity index (χ0n) is 8.10. The van der Waals surface area contributed by atoms with Gasteiger partial charge in [0.2, 0.25) is 0 Å². The molecule has 0 bridgehead atoms. The molecule has 0 saturated carbocycles. The Labute approximate surface area is 95.3 Å². The Morgan fingerprint density at radius 3 is 2.62 bits per heavy atom. The maximum Gasteiger partial charge on any atom is 0.362 e. The second kappa shape index (κ2) is 6.11. The van der Waals surface area contributed by atoms with Crippen molar-refractivity contribution in [2.24, 2.45) is 0 Å². The molecule has 0 aliphatic carbocycles. The van der Waals surface area contributed by atoms with Gasteiger partial charge in [0.1, 0.15) is 5.21 Å². The third kappa shape index (κ3) is 3.09. The van der Waals surface area contributed by atoms with Gasteiger partial charge in [0.25, 0.3) is 0 Å². The summed E-state index contributed by atoms with van der Waals surface area (Å²) in [6, 6.07) is 0. The summed E-state index contributed by atoms with van der Waals surface area (Å²) in [7, 11) is 0. The number of anilines is 1. The van der Waals surface area contributed by atoms with Gasteiger partial charge in [-0.15, -0.1) is 28.7 Å². The van der Waals surface area contributed by atoms with E-state index in [4.69, 9.17) is 5.73 Å². The zero-order chi connectivity index (χ0) is 8.97. The van der Waals surface area contributed by atoms with Crippen molar-refractivity contribution >= 4 is 29.9 Å². The fraction of sp³-hybridized carbons (Fsp3) is 0.857. The number of aryl methyl sites for hydroxylation is 2. The smallest absolute Gasteiger partial charge is 0.306 e. The first kappa shape index (κ1) is 12.6. The molecule has 0 saturated heterocycles. The molecule has 5 nitrogen and oxygen atoms in total. The molecule has 1 rings (SSSR count). The Morgan fingerprint density at radius 1 is 1.46 bits per heavy atom. The van der Waals surface area contributed by atoms with Gasteiger partial charge < -0.3 is 5.73 Å². The van der Waals surface area contributed by atoms with Gasteiger partial charge in [-0.05, 0) is 13.3 Å². The molecule has 0 fully saturated rings. The van der Waals surface area contributed by atoms with Crippen LogP contribution in [0, 0.1) is 0 Å². The highest BCUT2D eigenvalue weighted by Gasteiger charge is 2.12. The van der Waals surface area contributed by atoms with E-state index >= 15 is 0 Å². The van der Waals surface area contributed by atoms with Crippen molar-refractivity contribution in [3.05, 3.63) is 0 Å². The third-order valence-electron chi connectivity index (χ3n) is 1.81. The average molecular weight is 298 g/mol. The zero-order valence-corrected chi connectivity index (χ0v) is 10.4. The lowest BCUT2D eigenvalue weighted by Gasteiger charge is -1.93. The summed E-state index contributed by atoms with van der Waals surface area (Å²) >= 11 is 0. The first-order chi connectivity index (χ1) is 5.79. The monoisotopic (exact) mass is 298 g/mol. The molecule has 0 amide bonds. The lowest BCUT2D eigenvalue weighted by molar-refractivity contribution is -0.741. The summed E-state index contributed by atoms with van der Waals surface area (Å²) in [4.78, 5) is 0. The van der Waals surface area contributed by atoms with Crippen molar-refractivity contribution in [3.63, 3.8) is 0 Å². The van der Waals surface area contributed by atoms with Crippen molar-refractivity contribution in [1.29, 1.82) is 0 Å². The molecule has 13 heavy (non-hydrogen) atoms. The van der Waals surface area contributed by atoms with Crippen LogP contribution in [0.15, 0.2) is 0 Å². The van der Waals surface area contributed by atoms with Crippen LogP contribution in [-0.4, -0.2) is 15.1 Å². The topological polar surface area (TPSA) is 60.6 Å². The molecular weight excluding hydrogens is 281 g/mol. The largest absolute Gasteiger partial charge is 0.362 e. The number of nitrogen functional groups attached to an aromatic ring is 1. The Bertz CT molecular complexity index is 247. The fourth-order valence-corrected chi connectivity index (χ4v) is 1.01. The lowest BCUT2D eigenvalue weighted by atomic mass is 10.3. The van der Waals surface area contributed by atoms with Crippen molar-refractivity contribution in [3.8, 4) is 0 Å². The quantitative estimate of drug-likeness (QED) is 0.653. The van der Waals surface area contributed by atoms with Gasteiger partial charge in [-0.3, -0.25) is 0 Å². The Morgan fingerprint density at radius 2 is 2.15 bits per heavy atom. The summed E-state index contributed by atoms with van der Waals surface area (Å²) in [6.07, 6.45) is 2.24. The van der Waals surface area contributed by atoms with Gasteiger partial charge in [0.15, 0.2) is 0 Å². The van der Waals surface area contributed by atoms with Crippen LogP contribution in [0.1, 0.15) is 26.7 Å². The SMILES string of the molecule is CCCC[n+]1nnn(CC)c1N.I. The lowest BCUT2D eigenvalue weighted by Crippen LogP contribution is -2.39. The van der Waals surface area contributed by atoms with Crippen LogP contribution in [-0.2, 0) is 13.1 Å². The van der Waals surface area contributed by atoms with E-state index in [0.29, 0.717) is 5.95 Å². The predicted octanol–water partition coefficient (Wildman–Crippen LogP) is 0.586. The molecule has 1 aromatic rings. The number of hydrogen-bond donors (Lipinski definition) is 1. The molecule has 0 aliphatic heterocycles. The van der Waals surface area contributed by atoms with Crippen LogP contribution < -0.4 is 10.4 Å². The number of rotatable bonds is 4. The number of aromatic nitrogens is 4. The molecule has 0 aliphatic rings. The number of tetrazole rings is 1. The highest BCUT2D eigenvalue weighted by Crippen LogP contribution is 1.91. The minimum Gasteiger partial charge on any atom is -0.306 e. The van der Waals surface area contributed by atoms with Crippen LogP contribution in [0.3, 0.4) is 0 Å². The van der Waals surface area contributed by atoms with Gasteiger partial charge >= 0.3 is 5.95 Å². The molecule has 0 atom stereocenters. The Balaban J connectivity index is 0.00000144. The average Bonchev–Trinajstić information content (AvgIpc) is 2.43. The van der Waals surface area contributed by atoms with Gasteiger partial charge in [-0.2, -0.15) is 0 Å². The van der Waals surface area contributed by atoms with Gasteiger partial charge in [-0.1, -0.05) is 18.0 Å². The van der Waals surface area contributed by atoms with Crippen LogP contribution in [0.2, 0.25) is 0 Å². The summed E-state index contributed by atoms with van der Waals surface area (Å²) < 4.78 is 3.43. The van der Waals surface area contributed by atoms with Gasteiger partial charge in [0, 0.05) is 0 Å². The highest BCUT2D eigenvalue weighted by molar-refractivity contribution is 14.0. The maximum absolute atomic E-state index is 5.76. The molecule has 0 radical (unpaired) electrons. The maximum atomic E-state index is 5.76. The number of nitrogens with two attached hydrogens (primary N) is 1. The molecule has 0 unspecified atom stereocenters. The first-order valence-electron chi connectivity index (χ1n) is 4.38. The third-order valence-corrected chi connectivity index (χ3v) is 1.81. The fourth-order valence-electron chi connectivity index (χ4n) is 1.01. The van der Waals surface area contributed by atoms with Crippen LogP contribution in [0.4, 0.5) is 5.95 Å². The normalized spacial score (nSPS) is 9.69. The Kier molecular flexibility index (Phi) is 5.93. The van der Waals surface area contributed by atoms with E-state index in [1.54, 1.807) is 9.36 Å². The van der Waals surface area contributed by atoms with E-state index in [1.165, 1.54) is 0 Å². The van der Waals surface area contributed by atoms with E-state index in [-0.39, 0.29) is 24.0 Å². The van der Waals surface area contributed by atoms with Crippen molar-refractivity contribution < 1.29 is 4.68 Å². The predicted molar refractivity (Wildman–Crippen MR) is 60.6 cm³/mol. The molecule has 6 heteroatoms. The molecule has 0 aromatic carbocycles. The molecule has 0 spiro atoms. The summed E-state index contributed by atoms with van der Waals surface area (Å²) in [5.74, 6) is 0.644. The molecule has 1 aromatic heterocycles. The molecular formula is C7H17IN5+. The standard InChI is InChI=1S/C7H15N5.HI/c1-3-5-6-12-7(8)11(4-2)9-10-12;/h8H,3-6H2,1-2H3;1H/p+1. The van der Waals surface area contributed by atoms with Crippen LogP contribution in [0.25, 0.3) is 0 Å². The van der Waals surface area contributed by atoms with Crippen molar-refractivity contribution in [2.45, 2.75) is 39.8 Å². The number of halogens is 1. The number of unbranched alkanes of at least 4 members (excludes halogenated alkanes) is 1. The Hall–Kier alpha value is -0.400.